The molecule has 0 radical (unpaired) electrons. The van der Waals surface area contributed by atoms with Crippen LogP contribution < -0.4 is 0 Å². The Kier molecular flexibility index (Phi) is 2.21. The summed E-state index contributed by atoms with van der Waals surface area (Å²) in [7, 11) is 0. The van der Waals surface area contributed by atoms with Gasteiger partial charge in [-0.25, -0.2) is 0 Å². The van der Waals surface area contributed by atoms with E-state index in [1.54, 1.807) is 12.3 Å². The number of halogens is 3. The Hall–Kier alpha value is -1.45. The van der Waals surface area contributed by atoms with Crippen molar-refractivity contribution in [3.63, 3.8) is 0 Å². The molecular weight excluding hydrogens is 203 g/mol. The van der Waals surface area contributed by atoms with Crippen molar-refractivity contribution in [2.24, 2.45) is 0 Å². The lowest BCUT2D eigenvalue weighted by molar-refractivity contribution is -0.136. The summed E-state index contributed by atoms with van der Waals surface area (Å²) in [5.74, 6) is 0. The molecule has 0 amide bonds. The quantitative estimate of drug-likeness (QED) is 0.742. The van der Waals surface area contributed by atoms with Crippen molar-refractivity contribution in [1.82, 2.24) is 4.98 Å². The molecule has 0 unspecified atom stereocenters. The van der Waals surface area contributed by atoms with E-state index in [0.29, 0.717) is 5.39 Å². The van der Waals surface area contributed by atoms with Gasteiger partial charge in [-0.3, -0.25) is 0 Å². The number of aromatic nitrogens is 1. The molecule has 0 aliphatic rings. The molecule has 0 fully saturated rings. The topological polar surface area (TPSA) is 15.8 Å². The van der Waals surface area contributed by atoms with Gasteiger partial charge in [0.05, 0.1) is 11.1 Å². The lowest BCUT2D eigenvalue weighted by Gasteiger charge is -2.07. The fourth-order valence-corrected chi connectivity index (χ4v) is 1.74. The van der Waals surface area contributed by atoms with Crippen LogP contribution >= 0.6 is 0 Å². The van der Waals surface area contributed by atoms with E-state index in [0.717, 1.165) is 18.1 Å². The zero-order valence-electron chi connectivity index (χ0n) is 8.15. The molecule has 1 N–H and O–H groups in total. The van der Waals surface area contributed by atoms with E-state index in [-0.39, 0.29) is 5.52 Å². The van der Waals surface area contributed by atoms with Crippen LogP contribution in [-0.2, 0) is 12.6 Å². The van der Waals surface area contributed by atoms with Crippen LogP contribution in [0.25, 0.3) is 10.9 Å². The Bertz CT molecular complexity index is 482. The van der Waals surface area contributed by atoms with Gasteiger partial charge < -0.3 is 4.98 Å². The molecule has 0 atom stereocenters. The van der Waals surface area contributed by atoms with Gasteiger partial charge >= 0.3 is 6.18 Å². The first-order valence-electron chi connectivity index (χ1n) is 4.70. The van der Waals surface area contributed by atoms with E-state index in [1.165, 1.54) is 6.07 Å². The number of fused-ring (bicyclic) bond motifs is 1. The minimum atomic E-state index is -4.30. The SMILES string of the molecule is CCc1c[nH]c2c(C(F)(F)F)cccc12. The zero-order chi connectivity index (χ0) is 11.1. The number of H-pyrrole nitrogens is 1. The molecule has 2 aromatic rings. The summed E-state index contributed by atoms with van der Waals surface area (Å²) >= 11 is 0. The van der Waals surface area contributed by atoms with Crippen molar-refractivity contribution in [3.05, 3.63) is 35.5 Å². The minimum absolute atomic E-state index is 0.182. The first-order valence-corrected chi connectivity index (χ1v) is 4.70. The molecule has 1 heterocycles. The summed E-state index contributed by atoms with van der Waals surface area (Å²) in [6.45, 7) is 1.92. The predicted molar refractivity (Wildman–Crippen MR) is 52.7 cm³/mol. The highest BCUT2D eigenvalue weighted by Gasteiger charge is 2.33. The van der Waals surface area contributed by atoms with E-state index < -0.39 is 11.7 Å². The van der Waals surface area contributed by atoms with E-state index in [1.807, 2.05) is 6.92 Å². The highest BCUT2D eigenvalue weighted by Crippen LogP contribution is 2.35. The van der Waals surface area contributed by atoms with Crippen molar-refractivity contribution in [1.29, 1.82) is 0 Å². The van der Waals surface area contributed by atoms with Crippen LogP contribution in [0.2, 0.25) is 0 Å². The number of alkyl halides is 3. The summed E-state index contributed by atoms with van der Waals surface area (Å²) in [6, 6.07) is 4.25. The molecule has 0 aliphatic carbocycles. The predicted octanol–water partition coefficient (Wildman–Crippen LogP) is 3.75. The molecule has 1 nitrogen and oxygen atoms in total. The van der Waals surface area contributed by atoms with E-state index >= 15 is 0 Å². The summed E-state index contributed by atoms with van der Waals surface area (Å²) in [6.07, 6.45) is -1.93. The van der Waals surface area contributed by atoms with Crippen molar-refractivity contribution in [3.8, 4) is 0 Å². The third-order valence-corrected chi connectivity index (χ3v) is 2.49. The van der Waals surface area contributed by atoms with Crippen molar-refractivity contribution >= 4 is 10.9 Å². The van der Waals surface area contributed by atoms with Gasteiger partial charge in [0.2, 0.25) is 0 Å². The summed E-state index contributed by atoms with van der Waals surface area (Å²) in [4.78, 5) is 2.69. The molecular formula is C11H10F3N. The van der Waals surface area contributed by atoms with E-state index in [2.05, 4.69) is 4.98 Å². The smallest absolute Gasteiger partial charge is 0.360 e. The first-order chi connectivity index (χ1) is 7.04. The summed E-state index contributed by atoms with van der Waals surface area (Å²) < 4.78 is 37.8. The maximum absolute atomic E-state index is 12.6. The van der Waals surface area contributed by atoms with Crippen LogP contribution in [0, 0.1) is 0 Å². The van der Waals surface area contributed by atoms with Gasteiger partial charge in [-0.15, -0.1) is 0 Å². The van der Waals surface area contributed by atoms with E-state index in [4.69, 9.17) is 0 Å². The molecule has 15 heavy (non-hydrogen) atoms. The number of nitrogens with one attached hydrogen (secondary N) is 1. The Morgan fingerprint density at radius 3 is 2.60 bits per heavy atom. The highest BCUT2D eigenvalue weighted by atomic mass is 19.4. The van der Waals surface area contributed by atoms with Gasteiger partial charge in [-0.1, -0.05) is 19.1 Å². The molecule has 0 aliphatic heterocycles. The maximum atomic E-state index is 12.6. The zero-order valence-corrected chi connectivity index (χ0v) is 8.15. The molecule has 2 rings (SSSR count). The molecule has 0 saturated heterocycles. The number of hydrogen-bond donors (Lipinski definition) is 1. The second-order valence-electron chi connectivity index (χ2n) is 3.39. The number of para-hydroxylation sites is 1. The second kappa shape index (κ2) is 3.29. The number of aryl methyl sites for hydroxylation is 1. The minimum Gasteiger partial charge on any atom is -0.360 e. The van der Waals surface area contributed by atoms with Gasteiger partial charge in [0.1, 0.15) is 0 Å². The number of benzene rings is 1. The van der Waals surface area contributed by atoms with Gasteiger partial charge in [0.15, 0.2) is 0 Å². The third-order valence-electron chi connectivity index (χ3n) is 2.49. The standard InChI is InChI=1S/C11H10F3N/c1-2-7-6-15-10-8(7)4-3-5-9(10)11(12,13)14/h3-6,15H,2H2,1H3. The van der Waals surface area contributed by atoms with Gasteiger partial charge in [-0.05, 0) is 18.1 Å². The molecule has 4 heteroatoms. The molecule has 0 saturated carbocycles. The summed E-state index contributed by atoms with van der Waals surface area (Å²) in [5.41, 5.74) is 0.498. The number of aromatic amines is 1. The highest BCUT2D eigenvalue weighted by molar-refractivity contribution is 5.86. The van der Waals surface area contributed by atoms with Gasteiger partial charge in [-0.2, -0.15) is 13.2 Å². The molecule has 0 bridgehead atoms. The van der Waals surface area contributed by atoms with Crippen LogP contribution in [0.4, 0.5) is 13.2 Å². The Morgan fingerprint density at radius 2 is 2.00 bits per heavy atom. The van der Waals surface area contributed by atoms with E-state index in [9.17, 15) is 13.2 Å². The van der Waals surface area contributed by atoms with Crippen LogP contribution in [-0.4, -0.2) is 4.98 Å². The average Bonchev–Trinajstić information content (AvgIpc) is 2.58. The van der Waals surface area contributed by atoms with Gasteiger partial charge in [0.25, 0.3) is 0 Å². The molecule has 1 aromatic heterocycles. The van der Waals surface area contributed by atoms with Gasteiger partial charge in [0, 0.05) is 11.6 Å². The largest absolute Gasteiger partial charge is 0.418 e. The Labute approximate surface area is 84.9 Å². The Balaban J connectivity index is 2.73. The Morgan fingerprint density at radius 1 is 1.27 bits per heavy atom. The molecule has 80 valence electrons. The lowest BCUT2D eigenvalue weighted by atomic mass is 10.1. The fraction of sp³-hybridized carbons (Fsp3) is 0.273. The number of rotatable bonds is 1. The van der Waals surface area contributed by atoms with Crippen LogP contribution in [0.15, 0.2) is 24.4 Å². The van der Waals surface area contributed by atoms with Crippen LogP contribution in [0.3, 0.4) is 0 Å². The number of hydrogen-bond acceptors (Lipinski definition) is 0. The molecule has 0 spiro atoms. The van der Waals surface area contributed by atoms with Crippen molar-refractivity contribution in [2.75, 3.05) is 0 Å². The first kappa shape index (κ1) is 10.1. The lowest BCUT2D eigenvalue weighted by Crippen LogP contribution is -2.05. The van der Waals surface area contributed by atoms with Crippen LogP contribution in [0.5, 0.6) is 0 Å². The average molecular weight is 213 g/mol. The van der Waals surface area contributed by atoms with Crippen molar-refractivity contribution < 1.29 is 13.2 Å². The maximum Gasteiger partial charge on any atom is 0.418 e. The van der Waals surface area contributed by atoms with Crippen molar-refractivity contribution in [2.45, 2.75) is 19.5 Å². The normalized spacial score (nSPS) is 12.3. The molecule has 1 aromatic carbocycles. The summed E-state index contributed by atoms with van der Waals surface area (Å²) in [5, 5.41) is 0.660. The fourth-order valence-electron chi connectivity index (χ4n) is 1.74. The monoisotopic (exact) mass is 213 g/mol. The second-order valence-corrected chi connectivity index (χ2v) is 3.39. The third kappa shape index (κ3) is 1.60. The van der Waals surface area contributed by atoms with Crippen LogP contribution in [0.1, 0.15) is 18.1 Å².